The number of nitrogens with one attached hydrogen (secondary N) is 2. The summed E-state index contributed by atoms with van der Waals surface area (Å²) >= 11 is 6.93. The minimum absolute atomic E-state index is 0.0918. The molecule has 0 aliphatic carbocycles. The minimum Gasteiger partial charge on any atom is -0.408 e. The van der Waals surface area contributed by atoms with Crippen molar-refractivity contribution in [3.63, 3.8) is 0 Å². The summed E-state index contributed by atoms with van der Waals surface area (Å²) in [6.07, 6.45) is 0. The predicted molar refractivity (Wildman–Crippen MR) is 100 cm³/mol. The summed E-state index contributed by atoms with van der Waals surface area (Å²) < 4.78 is 32.3. The summed E-state index contributed by atoms with van der Waals surface area (Å²) in [5, 5.41) is 2.39. The van der Waals surface area contributed by atoms with Gasteiger partial charge in [-0.05, 0) is 36.4 Å². The molecule has 4 rings (SSSR count). The van der Waals surface area contributed by atoms with Gasteiger partial charge in [0.15, 0.2) is 10.7 Å². The Labute approximate surface area is 156 Å². The molecule has 132 valence electrons. The van der Waals surface area contributed by atoms with E-state index >= 15 is 0 Å². The highest BCUT2D eigenvalue weighted by atomic mass is 35.5. The number of benzene rings is 2. The Morgan fingerprint density at radius 1 is 1.15 bits per heavy atom. The molecule has 0 atom stereocenters. The van der Waals surface area contributed by atoms with Crippen LogP contribution in [0, 0.1) is 0 Å². The van der Waals surface area contributed by atoms with Gasteiger partial charge < -0.3 is 4.42 Å². The molecule has 7 nitrogen and oxygen atoms in total. The summed E-state index contributed by atoms with van der Waals surface area (Å²) in [6.45, 7) is 0. The SMILES string of the molecule is O=c1[nH]c2ccc(-c3csc(NS(=O)(=O)c4ccc(Cl)cc4)n3)cc2o1. The third-order valence-corrected chi connectivity index (χ3v) is 6.06. The van der Waals surface area contributed by atoms with Crippen LogP contribution in [0.5, 0.6) is 0 Å². The lowest BCUT2D eigenvalue weighted by molar-refractivity contribution is 0.555. The monoisotopic (exact) mass is 407 g/mol. The summed E-state index contributed by atoms with van der Waals surface area (Å²) in [5.74, 6) is -0.535. The molecule has 0 amide bonds. The maximum absolute atomic E-state index is 12.4. The topological polar surface area (TPSA) is 105 Å². The second kappa shape index (κ2) is 6.27. The molecule has 26 heavy (non-hydrogen) atoms. The standard InChI is InChI=1S/C16H10ClN3O4S2/c17-10-2-4-11(5-3-10)26(22,23)20-15-18-13(8-25-15)9-1-6-12-14(7-9)24-16(21)19-12/h1-8H,(H,18,20)(H,19,21). The number of hydrogen-bond acceptors (Lipinski definition) is 6. The van der Waals surface area contributed by atoms with Gasteiger partial charge >= 0.3 is 5.76 Å². The van der Waals surface area contributed by atoms with Crippen LogP contribution in [-0.2, 0) is 10.0 Å². The number of halogens is 1. The van der Waals surface area contributed by atoms with Crippen LogP contribution in [0.3, 0.4) is 0 Å². The number of anilines is 1. The Hall–Kier alpha value is -2.62. The number of H-pyrrole nitrogens is 1. The molecule has 0 aliphatic rings. The first-order valence-electron chi connectivity index (χ1n) is 7.28. The van der Waals surface area contributed by atoms with Gasteiger partial charge in [0, 0.05) is 16.0 Å². The smallest absolute Gasteiger partial charge is 0.408 e. The summed E-state index contributed by atoms with van der Waals surface area (Å²) in [4.78, 5) is 18.2. The van der Waals surface area contributed by atoms with E-state index in [1.54, 1.807) is 23.6 Å². The lowest BCUT2D eigenvalue weighted by Gasteiger charge is -2.04. The molecule has 2 aromatic carbocycles. The highest BCUT2D eigenvalue weighted by Gasteiger charge is 2.16. The quantitative estimate of drug-likeness (QED) is 0.536. The summed E-state index contributed by atoms with van der Waals surface area (Å²) in [6, 6.07) is 11.0. The molecule has 2 heterocycles. The van der Waals surface area contributed by atoms with Gasteiger partial charge in [-0.3, -0.25) is 9.71 Å². The molecule has 4 aromatic rings. The van der Waals surface area contributed by atoms with Crippen LogP contribution >= 0.6 is 22.9 Å². The van der Waals surface area contributed by atoms with E-state index in [2.05, 4.69) is 14.7 Å². The van der Waals surface area contributed by atoms with Crippen molar-refractivity contribution >= 4 is 49.2 Å². The Bertz CT molecular complexity index is 1260. The van der Waals surface area contributed by atoms with Crippen molar-refractivity contribution in [1.29, 1.82) is 0 Å². The molecular formula is C16H10ClN3O4S2. The highest BCUT2D eigenvalue weighted by molar-refractivity contribution is 7.93. The first kappa shape index (κ1) is 16.8. The molecule has 0 unspecified atom stereocenters. The Kier molecular flexibility index (Phi) is 4.06. The third kappa shape index (κ3) is 3.24. The van der Waals surface area contributed by atoms with Crippen molar-refractivity contribution in [2.45, 2.75) is 4.90 Å². The first-order chi connectivity index (χ1) is 12.4. The van der Waals surface area contributed by atoms with Gasteiger partial charge in [0.2, 0.25) is 0 Å². The Morgan fingerprint density at radius 3 is 2.69 bits per heavy atom. The van der Waals surface area contributed by atoms with Crippen LogP contribution < -0.4 is 10.5 Å². The fourth-order valence-corrected chi connectivity index (χ4v) is 4.44. The molecule has 0 radical (unpaired) electrons. The van der Waals surface area contributed by atoms with E-state index in [4.69, 9.17) is 16.0 Å². The molecule has 10 heteroatoms. The largest absolute Gasteiger partial charge is 0.417 e. The number of thiazole rings is 1. The van der Waals surface area contributed by atoms with E-state index in [0.717, 1.165) is 11.3 Å². The number of hydrogen-bond donors (Lipinski definition) is 2. The second-order valence-corrected chi connectivity index (χ2v) is 8.30. The average Bonchev–Trinajstić information content (AvgIpc) is 3.19. The Balaban J connectivity index is 1.62. The van der Waals surface area contributed by atoms with Gasteiger partial charge in [0.1, 0.15) is 0 Å². The van der Waals surface area contributed by atoms with Crippen molar-refractivity contribution < 1.29 is 12.8 Å². The number of oxazole rings is 1. The van der Waals surface area contributed by atoms with Crippen LogP contribution in [0.1, 0.15) is 0 Å². The summed E-state index contributed by atoms with van der Waals surface area (Å²) in [5.41, 5.74) is 2.25. The van der Waals surface area contributed by atoms with Crippen LogP contribution in [0.4, 0.5) is 5.13 Å². The molecular weight excluding hydrogens is 398 g/mol. The zero-order chi connectivity index (χ0) is 18.3. The van der Waals surface area contributed by atoms with E-state index in [0.29, 0.717) is 27.4 Å². The van der Waals surface area contributed by atoms with E-state index < -0.39 is 15.8 Å². The lowest BCUT2D eigenvalue weighted by atomic mass is 10.1. The van der Waals surface area contributed by atoms with E-state index in [1.165, 1.54) is 24.3 Å². The molecule has 2 aromatic heterocycles. The van der Waals surface area contributed by atoms with E-state index in [9.17, 15) is 13.2 Å². The van der Waals surface area contributed by atoms with Gasteiger partial charge in [-0.25, -0.2) is 18.2 Å². The van der Waals surface area contributed by atoms with E-state index in [1.807, 2.05) is 0 Å². The fourth-order valence-electron chi connectivity index (χ4n) is 2.35. The van der Waals surface area contributed by atoms with Gasteiger partial charge in [-0.1, -0.05) is 17.7 Å². The maximum atomic E-state index is 12.4. The normalized spacial score (nSPS) is 11.7. The first-order valence-corrected chi connectivity index (χ1v) is 10.0. The van der Waals surface area contributed by atoms with Crippen molar-refractivity contribution in [1.82, 2.24) is 9.97 Å². The number of sulfonamides is 1. The number of rotatable bonds is 4. The number of fused-ring (bicyclic) bond motifs is 1. The average molecular weight is 408 g/mol. The van der Waals surface area contributed by atoms with Crippen LogP contribution in [0.25, 0.3) is 22.4 Å². The Morgan fingerprint density at radius 2 is 1.92 bits per heavy atom. The van der Waals surface area contributed by atoms with Crippen molar-refractivity contribution in [3.8, 4) is 11.3 Å². The lowest BCUT2D eigenvalue weighted by Crippen LogP contribution is -2.12. The number of aromatic amines is 1. The minimum atomic E-state index is -3.76. The van der Waals surface area contributed by atoms with Crippen molar-refractivity contribution in [3.05, 3.63) is 63.4 Å². The van der Waals surface area contributed by atoms with Gasteiger partial charge in [0.05, 0.1) is 16.1 Å². The molecule has 2 N–H and O–H groups in total. The van der Waals surface area contributed by atoms with Crippen molar-refractivity contribution in [2.75, 3.05) is 4.72 Å². The fraction of sp³-hybridized carbons (Fsp3) is 0. The van der Waals surface area contributed by atoms with Crippen LogP contribution in [-0.4, -0.2) is 18.4 Å². The highest BCUT2D eigenvalue weighted by Crippen LogP contribution is 2.28. The van der Waals surface area contributed by atoms with Crippen LogP contribution in [0.15, 0.2) is 62.0 Å². The second-order valence-electron chi connectivity index (χ2n) is 5.32. The van der Waals surface area contributed by atoms with Gasteiger partial charge in [-0.15, -0.1) is 11.3 Å². The van der Waals surface area contributed by atoms with Crippen molar-refractivity contribution in [2.24, 2.45) is 0 Å². The summed E-state index contributed by atoms with van der Waals surface area (Å²) in [7, 11) is -3.76. The molecule has 0 spiro atoms. The molecule has 0 bridgehead atoms. The van der Waals surface area contributed by atoms with Gasteiger partial charge in [0.25, 0.3) is 10.0 Å². The zero-order valence-corrected chi connectivity index (χ0v) is 15.3. The van der Waals surface area contributed by atoms with Gasteiger partial charge in [-0.2, -0.15) is 0 Å². The van der Waals surface area contributed by atoms with E-state index in [-0.39, 0.29) is 10.0 Å². The number of nitrogens with zero attached hydrogens (tertiary/aromatic N) is 1. The molecule has 0 saturated heterocycles. The maximum Gasteiger partial charge on any atom is 0.417 e. The molecule has 0 fully saturated rings. The predicted octanol–water partition coefficient (Wildman–Crippen LogP) is 3.70. The number of aromatic nitrogens is 2. The molecule has 0 aliphatic heterocycles. The third-order valence-electron chi connectivity index (χ3n) is 3.57. The molecule has 0 saturated carbocycles. The van der Waals surface area contributed by atoms with Crippen LogP contribution in [0.2, 0.25) is 5.02 Å². The zero-order valence-electron chi connectivity index (χ0n) is 12.9.